The van der Waals surface area contributed by atoms with Crippen LogP contribution < -0.4 is 4.74 Å². The monoisotopic (exact) mass is 259 g/mol. The van der Waals surface area contributed by atoms with Crippen LogP contribution in [-0.4, -0.2) is 30.4 Å². The van der Waals surface area contributed by atoms with Crippen molar-refractivity contribution >= 4 is 5.78 Å². The van der Waals surface area contributed by atoms with Crippen LogP contribution in [0.1, 0.15) is 31.2 Å². The van der Waals surface area contributed by atoms with Gasteiger partial charge in [0, 0.05) is 31.0 Å². The fourth-order valence-corrected chi connectivity index (χ4v) is 3.10. The fourth-order valence-electron chi connectivity index (χ4n) is 3.10. The van der Waals surface area contributed by atoms with Crippen LogP contribution in [0.4, 0.5) is 0 Å². The van der Waals surface area contributed by atoms with Gasteiger partial charge in [-0.05, 0) is 31.9 Å². The quantitative estimate of drug-likeness (QED) is 0.835. The van der Waals surface area contributed by atoms with Crippen molar-refractivity contribution in [1.82, 2.24) is 4.90 Å². The van der Waals surface area contributed by atoms with Crippen LogP contribution in [0.3, 0.4) is 0 Å². The maximum absolute atomic E-state index is 11.7. The number of ketones is 1. The van der Waals surface area contributed by atoms with Crippen LogP contribution in [0.2, 0.25) is 0 Å². The van der Waals surface area contributed by atoms with Gasteiger partial charge in [0.05, 0.1) is 0 Å². The van der Waals surface area contributed by atoms with Crippen LogP contribution >= 0.6 is 0 Å². The first kappa shape index (κ1) is 12.7. The molecule has 1 aromatic rings. The second-order valence-electron chi connectivity index (χ2n) is 5.58. The zero-order chi connectivity index (χ0) is 13.1. The average Bonchev–Trinajstić information content (AvgIpc) is 2.72. The summed E-state index contributed by atoms with van der Waals surface area (Å²) in [4.78, 5) is 14.1. The van der Waals surface area contributed by atoms with Gasteiger partial charge in [-0.25, -0.2) is 0 Å². The normalized spacial score (nSPS) is 23.8. The van der Waals surface area contributed by atoms with Gasteiger partial charge in [0.25, 0.3) is 0 Å². The predicted molar refractivity (Wildman–Crippen MR) is 74.2 cm³/mol. The van der Waals surface area contributed by atoms with Crippen LogP contribution in [0.5, 0.6) is 5.75 Å². The summed E-state index contributed by atoms with van der Waals surface area (Å²) in [6, 6.07) is 8.26. The Morgan fingerprint density at radius 1 is 1.32 bits per heavy atom. The number of hydrogen-bond donors (Lipinski definition) is 0. The molecule has 102 valence electrons. The molecule has 3 rings (SSSR count). The van der Waals surface area contributed by atoms with Gasteiger partial charge in [0.2, 0.25) is 0 Å². The highest BCUT2D eigenvalue weighted by Gasteiger charge is 2.25. The molecular weight excluding hydrogens is 238 g/mol. The van der Waals surface area contributed by atoms with Crippen LogP contribution in [0, 0.1) is 5.92 Å². The molecule has 1 heterocycles. The Morgan fingerprint density at radius 2 is 2.21 bits per heavy atom. The lowest BCUT2D eigenvalue weighted by molar-refractivity contribution is -0.120. The van der Waals surface area contributed by atoms with Gasteiger partial charge >= 0.3 is 0 Å². The van der Waals surface area contributed by atoms with E-state index in [0.29, 0.717) is 11.7 Å². The number of ether oxygens (including phenoxy) is 1. The van der Waals surface area contributed by atoms with Gasteiger partial charge < -0.3 is 4.74 Å². The van der Waals surface area contributed by atoms with Crippen LogP contribution in [0.15, 0.2) is 24.3 Å². The Balaban J connectivity index is 1.58. The minimum absolute atomic E-state index is 0.319. The molecule has 2 aliphatic rings. The Kier molecular flexibility index (Phi) is 3.83. The Morgan fingerprint density at radius 3 is 3.05 bits per heavy atom. The van der Waals surface area contributed by atoms with Crippen molar-refractivity contribution < 1.29 is 9.53 Å². The van der Waals surface area contributed by atoms with Crippen molar-refractivity contribution in [3.05, 3.63) is 29.8 Å². The zero-order valence-corrected chi connectivity index (χ0v) is 11.3. The number of para-hydroxylation sites is 1. The molecular formula is C16H21NO2. The van der Waals surface area contributed by atoms with Gasteiger partial charge in [0.15, 0.2) is 0 Å². The summed E-state index contributed by atoms with van der Waals surface area (Å²) in [5, 5.41) is 0. The van der Waals surface area contributed by atoms with Gasteiger partial charge in [-0.2, -0.15) is 0 Å². The van der Waals surface area contributed by atoms with Crippen molar-refractivity contribution in [3.8, 4) is 5.75 Å². The minimum Gasteiger partial charge on any atom is -0.492 e. The maximum atomic E-state index is 11.7. The third-order valence-electron chi connectivity index (χ3n) is 4.26. The third-order valence-corrected chi connectivity index (χ3v) is 4.26. The van der Waals surface area contributed by atoms with Crippen molar-refractivity contribution in [2.24, 2.45) is 5.92 Å². The van der Waals surface area contributed by atoms with E-state index in [2.05, 4.69) is 17.0 Å². The lowest BCUT2D eigenvalue weighted by Crippen LogP contribution is -2.28. The lowest BCUT2D eigenvalue weighted by atomic mass is 10.0. The van der Waals surface area contributed by atoms with Crippen molar-refractivity contribution in [2.75, 3.05) is 19.7 Å². The summed E-state index contributed by atoms with van der Waals surface area (Å²) in [6.07, 6.45) is 4.01. The second kappa shape index (κ2) is 5.74. The maximum Gasteiger partial charge on any atom is 0.136 e. The van der Waals surface area contributed by atoms with Crippen LogP contribution in [0.25, 0.3) is 0 Å². The molecule has 1 fully saturated rings. The molecule has 0 bridgehead atoms. The Labute approximate surface area is 114 Å². The van der Waals surface area contributed by atoms with E-state index in [9.17, 15) is 4.79 Å². The molecule has 1 saturated carbocycles. The van der Waals surface area contributed by atoms with E-state index in [0.717, 1.165) is 57.7 Å². The second-order valence-corrected chi connectivity index (χ2v) is 5.58. The Hall–Kier alpha value is -1.35. The van der Waals surface area contributed by atoms with Crippen molar-refractivity contribution in [1.29, 1.82) is 0 Å². The number of carbonyl (C=O) groups excluding carboxylic acids is 1. The first-order valence-corrected chi connectivity index (χ1v) is 7.29. The van der Waals surface area contributed by atoms with E-state index < -0.39 is 0 Å². The predicted octanol–water partition coefficient (Wildman–Crippen LogP) is 2.64. The molecule has 1 aliphatic carbocycles. The molecule has 1 unspecified atom stereocenters. The van der Waals surface area contributed by atoms with E-state index in [1.807, 2.05) is 12.1 Å². The molecule has 0 radical (unpaired) electrons. The number of hydrogen-bond acceptors (Lipinski definition) is 3. The summed E-state index contributed by atoms with van der Waals surface area (Å²) in [5.41, 5.74) is 1.26. The number of carbonyl (C=O) groups is 1. The van der Waals surface area contributed by atoms with E-state index >= 15 is 0 Å². The largest absolute Gasteiger partial charge is 0.492 e. The first-order valence-electron chi connectivity index (χ1n) is 7.29. The van der Waals surface area contributed by atoms with Crippen LogP contribution in [-0.2, 0) is 11.3 Å². The number of Topliss-reactive ketones (excluding diaryl/α,β-unsaturated/α-hetero) is 1. The van der Waals surface area contributed by atoms with Crippen molar-refractivity contribution in [3.63, 3.8) is 0 Å². The highest BCUT2D eigenvalue weighted by atomic mass is 16.5. The highest BCUT2D eigenvalue weighted by molar-refractivity contribution is 5.82. The number of fused-ring (bicyclic) bond motifs is 1. The molecule has 3 heteroatoms. The van der Waals surface area contributed by atoms with Gasteiger partial charge in [0.1, 0.15) is 18.1 Å². The lowest BCUT2D eigenvalue weighted by Gasteiger charge is -2.20. The molecule has 0 saturated heterocycles. The van der Waals surface area contributed by atoms with Gasteiger partial charge in [-0.1, -0.05) is 18.2 Å². The number of nitrogens with zero attached hydrogens (tertiary/aromatic N) is 1. The van der Waals surface area contributed by atoms with E-state index in [1.165, 1.54) is 5.56 Å². The first-order chi connectivity index (χ1) is 9.33. The summed E-state index contributed by atoms with van der Waals surface area (Å²) < 4.78 is 5.76. The van der Waals surface area contributed by atoms with E-state index in [1.54, 1.807) is 0 Å². The highest BCUT2D eigenvalue weighted by Crippen LogP contribution is 2.26. The molecule has 0 amide bonds. The molecule has 3 nitrogen and oxygen atoms in total. The summed E-state index contributed by atoms with van der Waals surface area (Å²) in [6.45, 7) is 3.65. The molecule has 1 aliphatic heterocycles. The summed E-state index contributed by atoms with van der Waals surface area (Å²) in [7, 11) is 0. The molecule has 0 aromatic heterocycles. The molecule has 0 N–H and O–H groups in total. The third kappa shape index (κ3) is 2.98. The minimum atomic E-state index is 0.319. The Bertz CT molecular complexity index is 458. The smallest absolute Gasteiger partial charge is 0.136 e. The standard InChI is InChI=1S/C16H21NO2/c18-15-6-3-5-13(15)8-9-17-10-11-19-16-7-2-1-4-14(16)12-17/h1-2,4,7,13H,3,5-6,8-12H2. The van der Waals surface area contributed by atoms with E-state index in [-0.39, 0.29) is 0 Å². The summed E-state index contributed by atoms with van der Waals surface area (Å²) in [5.74, 6) is 1.81. The average molecular weight is 259 g/mol. The fraction of sp³-hybridized carbons (Fsp3) is 0.562. The topological polar surface area (TPSA) is 29.5 Å². The molecule has 19 heavy (non-hydrogen) atoms. The van der Waals surface area contributed by atoms with Crippen molar-refractivity contribution in [2.45, 2.75) is 32.2 Å². The van der Waals surface area contributed by atoms with E-state index in [4.69, 9.17) is 4.74 Å². The van der Waals surface area contributed by atoms with Gasteiger partial charge in [-0.3, -0.25) is 9.69 Å². The zero-order valence-electron chi connectivity index (χ0n) is 11.3. The SMILES string of the molecule is O=C1CCCC1CCN1CCOc2ccccc2C1. The summed E-state index contributed by atoms with van der Waals surface area (Å²) >= 11 is 0. The molecule has 1 aromatic carbocycles. The molecule has 1 atom stereocenters. The van der Waals surface area contributed by atoms with Gasteiger partial charge in [-0.15, -0.1) is 0 Å². The number of benzene rings is 1. The molecule has 0 spiro atoms. The number of rotatable bonds is 3.